The molecular weight excluding hydrogens is 552 g/mol. The first-order valence-corrected chi connectivity index (χ1v) is 16.3. The fraction of sp³-hybridized carbons (Fsp3) is 0.533. The van der Waals surface area contributed by atoms with Gasteiger partial charge in [0, 0.05) is 0 Å². The summed E-state index contributed by atoms with van der Waals surface area (Å²) in [6.45, 7) is 7.05. The van der Waals surface area contributed by atoms with Crippen LogP contribution in [0.3, 0.4) is 0 Å². The molecule has 1 unspecified atom stereocenters. The molecule has 2 saturated carbocycles. The summed E-state index contributed by atoms with van der Waals surface area (Å²) in [5, 5.41) is 3.14. The van der Waals surface area contributed by atoms with E-state index in [9.17, 15) is 13.2 Å². The lowest BCUT2D eigenvalue weighted by Crippen LogP contribution is -2.63. The van der Waals surface area contributed by atoms with Gasteiger partial charge in [-0.2, -0.15) is 0 Å². The number of carbonyl (C=O) groups excluding carboxylic acids is 1. The van der Waals surface area contributed by atoms with Crippen molar-refractivity contribution in [3.63, 3.8) is 0 Å². The largest absolute Gasteiger partial charge is 0.444 e. The van der Waals surface area contributed by atoms with Crippen LogP contribution in [0, 0.1) is 11.8 Å². The van der Waals surface area contributed by atoms with Gasteiger partial charge in [-0.1, -0.05) is 66.6 Å². The summed E-state index contributed by atoms with van der Waals surface area (Å²) >= 11 is 8.11. The number of thiophene rings is 1. The van der Waals surface area contributed by atoms with Crippen LogP contribution in [-0.4, -0.2) is 36.4 Å². The van der Waals surface area contributed by atoms with Crippen molar-refractivity contribution in [3.8, 4) is 11.8 Å². The van der Waals surface area contributed by atoms with E-state index in [0.29, 0.717) is 22.7 Å². The van der Waals surface area contributed by atoms with Gasteiger partial charge in [0.1, 0.15) is 21.7 Å². The molecule has 0 radical (unpaired) electrons. The number of sulfone groups is 1. The standard InChI is InChI=1S/C30H35ClN2O4S2/c1-27(2,3)37-26(34)32-25-30(16-10-17-30)39(35,36)20-28(4,33-25)24-23(31)19-22(38-24)13-18-29(14-8-9-15-29)21-11-6-5-7-12-21/h5-7,11-12,19H,8-10,14-17,20H2,1-4H3,(H,32,33,34). The van der Waals surface area contributed by atoms with Crippen molar-refractivity contribution in [2.45, 2.75) is 93.9 Å². The van der Waals surface area contributed by atoms with Gasteiger partial charge >= 0.3 is 6.09 Å². The minimum Gasteiger partial charge on any atom is -0.444 e. The zero-order valence-corrected chi connectivity index (χ0v) is 25.3. The molecule has 3 aliphatic rings. The molecule has 1 amide bonds. The summed E-state index contributed by atoms with van der Waals surface area (Å²) in [5.41, 5.74) is -0.836. The first-order valence-electron chi connectivity index (χ1n) is 13.5. The molecule has 9 heteroatoms. The Labute approximate surface area is 240 Å². The number of aliphatic imine (C=N–C) groups is 1. The van der Waals surface area contributed by atoms with Crippen molar-refractivity contribution < 1.29 is 17.9 Å². The third kappa shape index (κ3) is 5.26. The number of amidine groups is 1. The Morgan fingerprint density at radius 1 is 1.10 bits per heavy atom. The average Bonchev–Trinajstić information content (AvgIpc) is 3.42. The van der Waals surface area contributed by atoms with Gasteiger partial charge in [0.2, 0.25) is 0 Å². The van der Waals surface area contributed by atoms with E-state index in [1.54, 1.807) is 27.7 Å². The van der Waals surface area contributed by atoms with Gasteiger partial charge in [0.25, 0.3) is 0 Å². The summed E-state index contributed by atoms with van der Waals surface area (Å²) in [7, 11) is -3.65. The SMILES string of the molecule is CC(C)(C)OC(=O)NC1=NC(C)(c2sc(C#CC3(c4ccccc4)CCCC3)cc2Cl)CS(=O)(=O)C12CCC2. The maximum Gasteiger partial charge on any atom is 0.413 e. The van der Waals surface area contributed by atoms with Gasteiger partial charge in [-0.15, -0.1) is 11.3 Å². The molecule has 1 aromatic heterocycles. The lowest BCUT2D eigenvalue weighted by molar-refractivity contribution is 0.0559. The lowest BCUT2D eigenvalue weighted by atomic mass is 9.79. The number of rotatable bonds is 2. The fourth-order valence-electron chi connectivity index (χ4n) is 5.94. The zero-order valence-electron chi connectivity index (χ0n) is 22.9. The minimum atomic E-state index is -3.65. The highest BCUT2D eigenvalue weighted by Crippen LogP contribution is 2.50. The number of nitrogens with zero attached hydrogens (tertiary/aromatic N) is 1. The summed E-state index contributed by atoms with van der Waals surface area (Å²) in [4.78, 5) is 19.0. The number of nitrogens with one attached hydrogen (secondary N) is 1. The van der Waals surface area contributed by atoms with Crippen LogP contribution in [0.15, 0.2) is 41.4 Å². The average molecular weight is 587 g/mol. The van der Waals surface area contributed by atoms with Crippen LogP contribution in [0.4, 0.5) is 4.79 Å². The van der Waals surface area contributed by atoms with E-state index in [1.807, 2.05) is 12.1 Å². The minimum absolute atomic E-state index is 0.155. The second kappa shape index (κ2) is 9.94. The van der Waals surface area contributed by atoms with E-state index >= 15 is 0 Å². The molecule has 1 atom stereocenters. The highest BCUT2D eigenvalue weighted by molar-refractivity contribution is 7.93. The Morgan fingerprint density at radius 2 is 1.77 bits per heavy atom. The van der Waals surface area contributed by atoms with Gasteiger partial charge < -0.3 is 4.74 Å². The highest BCUT2D eigenvalue weighted by Gasteiger charge is 2.59. The number of carbonyl (C=O) groups is 1. The highest BCUT2D eigenvalue weighted by atomic mass is 35.5. The second-order valence-electron chi connectivity index (χ2n) is 12.2. The number of hydrogen-bond donors (Lipinski definition) is 1. The third-order valence-corrected chi connectivity index (χ3v) is 12.5. The number of hydrogen-bond acceptors (Lipinski definition) is 6. The molecule has 0 bridgehead atoms. The number of alkyl carbamates (subject to hydrolysis) is 1. The normalized spacial score (nSPS) is 24.7. The smallest absolute Gasteiger partial charge is 0.413 e. The van der Waals surface area contributed by atoms with Crippen LogP contribution in [0.2, 0.25) is 5.02 Å². The van der Waals surface area contributed by atoms with E-state index in [1.165, 1.54) is 16.9 Å². The van der Waals surface area contributed by atoms with Crippen LogP contribution in [0.25, 0.3) is 0 Å². The molecule has 2 aliphatic carbocycles. The molecule has 5 rings (SSSR count). The van der Waals surface area contributed by atoms with Gasteiger partial charge in [-0.25, -0.2) is 13.2 Å². The summed E-state index contributed by atoms with van der Waals surface area (Å²) in [6.07, 6.45) is 5.20. The topological polar surface area (TPSA) is 84.8 Å². The summed E-state index contributed by atoms with van der Waals surface area (Å²) in [5.74, 6) is 6.91. The fourth-order valence-corrected chi connectivity index (χ4v) is 10.0. The van der Waals surface area contributed by atoms with Crippen molar-refractivity contribution in [3.05, 3.63) is 56.7 Å². The molecule has 6 nitrogen and oxygen atoms in total. The summed E-state index contributed by atoms with van der Waals surface area (Å²) < 4.78 is 31.7. The van der Waals surface area contributed by atoms with Gasteiger partial charge in [0.05, 0.1) is 25.9 Å². The van der Waals surface area contributed by atoms with Crippen LogP contribution >= 0.6 is 22.9 Å². The third-order valence-electron chi connectivity index (χ3n) is 8.02. The molecule has 2 heterocycles. The molecule has 1 aromatic carbocycles. The molecule has 39 heavy (non-hydrogen) atoms. The Morgan fingerprint density at radius 3 is 2.36 bits per heavy atom. The van der Waals surface area contributed by atoms with E-state index in [0.717, 1.165) is 37.0 Å². The molecular formula is C30H35ClN2O4S2. The van der Waals surface area contributed by atoms with Crippen molar-refractivity contribution >= 4 is 44.7 Å². The van der Waals surface area contributed by atoms with Crippen LogP contribution in [0.5, 0.6) is 0 Å². The molecule has 1 N–H and O–H groups in total. The Kier molecular flexibility index (Phi) is 7.18. The predicted molar refractivity (Wildman–Crippen MR) is 157 cm³/mol. The van der Waals surface area contributed by atoms with Crippen molar-refractivity contribution in [1.82, 2.24) is 5.32 Å². The van der Waals surface area contributed by atoms with E-state index in [-0.39, 0.29) is 17.0 Å². The number of amides is 1. The Balaban J connectivity index is 1.51. The Hall–Kier alpha value is -2.34. The van der Waals surface area contributed by atoms with E-state index in [2.05, 4.69) is 41.4 Å². The summed E-state index contributed by atoms with van der Waals surface area (Å²) in [6, 6.07) is 12.2. The van der Waals surface area contributed by atoms with Gasteiger partial charge in [-0.05, 0) is 71.4 Å². The van der Waals surface area contributed by atoms with Crippen molar-refractivity contribution in [2.24, 2.45) is 4.99 Å². The van der Waals surface area contributed by atoms with Gasteiger partial charge in [0.15, 0.2) is 9.84 Å². The lowest BCUT2D eigenvalue weighted by Gasteiger charge is -2.47. The molecule has 208 valence electrons. The van der Waals surface area contributed by atoms with Crippen LogP contribution in [0.1, 0.15) is 88.0 Å². The Bertz CT molecular complexity index is 1470. The molecule has 2 fully saturated rings. The van der Waals surface area contributed by atoms with Crippen molar-refractivity contribution in [1.29, 1.82) is 0 Å². The first kappa shape index (κ1) is 28.2. The van der Waals surface area contributed by atoms with E-state index in [4.69, 9.17) is 21.3 Å². The predicted octanol–water partition coefficient (Wildman–Crippen LogP) is 6.75. The number of ether oxygens (including phenoxy) is 1. The molecule has 1 aliphatic heterocycles. The van der Waals surface area contributed by atoms with Crippen molar-refractivity contribution in [2.75, 3.05) is 5.75 Å². The van der Waals surface area contributed by atoms with Crippen LogP contribution < -0.4 is 5.32 Å². The maximum absolute atomic E-state index is 13.7. The molecule has 2 aromatic rings. The van der Waals surface area contributed by atoms with Gasteiger partial charge in [-0.3, -0.25) is 10.3 Å². The molecule has 0 saturated heterocycles. The number of halogens is 1. The quantitative estimate of drug-likeness (QED) is 0.394. The van der Waals surface area contributed by atoms with Crippen LogP contribution in [-0.2, 0) is 25.5 Å². The maximum atomic E-state index is 13.7. The molecule has 1 spiro atoms. The second-order valence-corrected chi connectivity index (χ2v) is 15.9. The zero-order chi connectivity index (χ0) is 28.1. The number of benzene rings is 1. The van der Waals surface area contributed by atoms with E-state index < -0.39 is 31.8 Å². The first-order chi connectivity index (χ1) is 18.3. The monoisotopic (exact) mass is 586 g/mol.